The molecule has 1 aliphatic heterocycles. The van der Waals surface area contributed by atoms with E-state index < -0.39 is 22.0 Å². The summed E-state index contributed by atoms with van der Waals surface area (Å²) in [5, 5.41) is 16.2. The van der Waals surface area contributed by atoms with Gasteiger partial charge in [-0.15, -0.1) is 0 Å². The van der Waals surface area contributed by atoms with Crippen LogP contribution >= 0.6 is 0 Å². The molecule has 4 aromatic rings. The lowest BCUT2D eigenvalue weighted by Crippen LogP contribution is -2.38. The molecule has 0 atom stereocenters. The quantitative estimate of drug-likeness (QED) is 0.0377. The van der Waals surface area contributed by atoms with E-state index in [-0.39, 0.29) is 43.6 Å². The minimum Gasteiger partial charge on any atom is -0.486 e. The van der Waals surface area contributed by atoms with Gasteiger partial charge in [-0.3, -0.25) is 5.41 Å². The van der Waals surface area contributed by atoms with Crippen molar-refractivity contribution in [2.24, 2.45) is 0 Å². The third kappa shape index (κ3) is 11.0. The monoisotopic (exact) mass is 798 g/mol. The molecule has 300 valence electrons. The molecule has 0 radical (unpaired) electrons. The van der Waals surface area contributed by atoms with Crippen molar-refractivity contribution in [1.82, 2.24) is 19.8 Å². The first-order valence-corrected chi connectivity index (χ1v) is 27.4. The molecule has 3 N–H and O–H groups in total. The molecule has 1 saturated carbocycles. The topological polar surface area (TPSA) is 114 Å². The summed E-state index contributed by atoms with van der Waals surface area (Å²) in [5.74, 6) is 0.276. The summed E-state index contributed by atoms with van der Waals surface area (Å²) in [6.07, 6.45) is 2.71. The predicted molar refractivity (Wildman–Crippen MR) is 228 cm³/mol. The molecule has 0 bridgehead atoms. The van der Waals surface area contributed by atoms with E-state index in [1.54, 1.807) is 17.0 Å². The molecule has 6 rings (SSSR count). The van der Waals surface area contributed by atoms with Gasteiger partial charge < -0.3 is 34.3 Å². The van der Waals surface area contributed by atoms with Crippen LogP contribution in [0, 0.1) is 11.2 Å². The largest absolute Gasteiger partial charge is 0.486 e. The van der Waals surface area contributed by atoms with Gasteiger partial charge in [0, 0.05) is 46.7 Å². The van der Waals surface area contributed by atoms with Crippen LogP contribution in [0.1, 0.15) is 53.7 Å². The van der Waals surface area contributed by atoms with E-state index in [1.807, 2.05) is 53.1 Å². The Morgan fingerprint density at radius 3 is 2.34 bits per heavy atom. The Hall–Kier alpha value is -4.31. The number of aromatic nitrogens is 2. The molecule has 2 amide bonds. The Morgan fingerprint density at radius 2 is 1.66 bits per heavy atom. The van der Waals surface area contributed by atoms with Gasteiger partial charge in [-0.25, -0.2) is 14.2 Å². The van der Waals surface area contributed by atoms with Gasteiger partial charge in [0.2, 0.25) is 0 Å². The number of urea groups is 1. The van der Waals surface area contributed by atoms with Crippen LogP contribution in [0.2, 0.25) is 51.4 Å². The number of anilines is 1. The molecule has 13 heteroatoms. The van der Waals surface area contributed by atoms with Gasteiger partial charge in [-0.05, 0) is 77.9 Å². The number of benzene rings is 3. The number of aryl methyl sites for hydroxylation is 1. The zero-order valence-electron chi connectivity index (χ0n) is 34.2. The number of imidazole rings is 1. The fourth-order valence-electron chi connectivity index (χ4n) is 6.54. The summed E-state index contributed by atoms with van der Waals surface area (Å²) >= 11 is 0. The second-order valence-corrected chi connectivity index (χ2v) is 28.7. The zero-order valence-corrected chi connectivity index (χ0v) is 36.2. The molecule has 0 spiro atoms. The summed E-state index contributed by atoms with van der Waals surface area (Å²) in [6.45, 7) is 18.8. The number of amides is 2. The van der Waals surface area contributed by atoms with Crippen LogP contribution in [0.3, 0.4) is 0 Å². The van der Waals surface area contributed by atoms with Crippen molar-refractivity contribution >= 4 is 33.6 Å². The number of halogens is 1. The van der Waals surface area contributed by atoms with Crippen LogP contribution in [-0.2, 0) is 42.3 Å². The molecular weight excluding hydrogens is 740 g/mol. The predicted octanol–water partition coefficient (Wildman–Crippen LogP) is 9.47. The summed E-state index contributed by atoms with van der Waals surface area (Å²) < 4.78 is 35.9. The molecule has 0 unspecified atom stereocenters. The van der Waals surface area contributed by atoms with Crippen LogP contribution in [0.15, 0.2) is 60.7 Å². The maximum absolute atomic E-state index is 15.7. The highest BCUT2D eigenvalue weighted by Crippen LogP contribution is 2.35. The van der Waals surface area contributed by atoms with Crippen LogP contribution in [0.4, 0.5) is 14.9 Å². The van der Waals surface area contributed by atoms with Crippen molar-refractivity contribution in [1.29, 1.82) is 5.41 Å². The van der Waals surface area contributed by atoms with E-state index in [0.717, 1.165) is 58.6 Å². The Labute approximate surface area is 333 Å². The van der Waals surface area contributed by atoms with E-state index >= 15 is 4.39 Å². The zero-order chi connectivity index (χ0) is 40.0. The van der Waals surface area contributed by atoms with Crippen LogP contribution in [0.25, 0.3) is 11.1 Å². The third-order valence-corrected chi connectivity index (χ3v) is 13.6. The van der Waals surface area contributed by atoms with Gasteiger partial charge >= 0.3 is 6.03 Å². The molecule has 1 aliphatic carbocycles. The number of nitrogens with zero attached hydrogens (tertiary/aromatic N) is 3. The van der Waals surface area contributed by atoms with Gasteiger partial charge in [0.1, 0.15) is 25.8 Å². The standard InChI is InChI=1S/C43H59FN6O4Si2/c1-8-31-23-40(54-27-30-12-10-9-11-13-30)36(44)24-35(31)32-14-17-34(37(22-32)46-28-52-18-20-55(2,3)4)41(45)42-48-38-25-49(43(51)47-33-15-16-33)26-39(38)50(42)29-53-19-21-56(5,6)7/h9-14,17,22-24,33,45-46H,8,15-16,18-21,25-29H2,1-7H3,(H,47,51). The Morgan fingerprint density at radius 1 is 0.946 bits per heavy atom. The minimum absolute atomic E-state index is 0.0804. The lowest BCUT2D eigenvalue weighted by atomic mass is 9.94. The molecular formula is C43H59FN6O4Si2. The number of nitrogens with one attached hydrogen (secondary N) is 3. The van der Waals surface area contributed by atoms with E-state index in [9.17, 15) is 10.2 Å². The third-order valence-electron chi connectivity index (χ3n) is 10.2. The maximum Gasteiger partial charge on any atom is 0.318 e. The van der Waals surface area contributed by atoms with Crippen molar-refractivity contribution in [2.75, 3.05) is 25.3 Å². The van der Waals surface area contributed by atoms with Crippen molar-refractivity contribution in [2.45, 2.75) is 110 Å². The Kier molecular flexibility index (Phi) is 13.2. The highest BCUT2D eigenvalue weighted by Gasteiger charge is 2.34. The molecule has 1 fully saturated rings. The lowest BCUT2D eigenvalue weighted by Gasteiger charge is -2.21. The van der Waals surface area contributed by atoms with Gasteiger partial charge in [0.15, 0.2) is 17.4 Å². The molecule has 0 saturated heterocycles. The van der Waals surface area contributed by atoms with E-state index in [4.69, 9.17) is 19.2 Å². The summed E-state index contributed by atoms with van der Waals surface area (Å²) in [4.78, 5) is 19.8. The molecule has 3 aromatic carbocycles. The lowest BCUT2D eigenvalue weighted by molar-refractivity contribution is 0.0841. The highest BCUT2D eigenvalue weighted by atomic mass is 28.3. The second kappa shape index (κ2) is 17.9. The maximum atomic E-state index is 15.7. The van der Waals surface area contributed by atoms with Crippen molar-refractivity contribution in [3.8, 4) is 16.9 Å². The number of rotatable bonds is 19. The SMILES string of the molecule is CCc1cc(OCc2ccccc2)c(F)cc1-c1ccc(C(=N)c2nc3c(n2COCC[Si](C)(C)C)CN(C(=O)NC2CC2)C3)c(NCOCC[Si](C)(C)C)c1. The normalized spacial score (nSPS) is 14.2. The summed E-state index contributed by atoms with van der Waals surface area (Å²) in [7, 11) is -2.62. The van der Waals surface area contributed by atoms with E-state index in [2.05, 4.69) is 56.8 Å². The first-order chi connectivity index (χ1) is 26.7. The van der Waals surface area contributed by atoms with Gasteiger partial charge in [0.25, 0.3) is 0 Å². The van der Waals surface area contributed by atoms with E-state index in [0.29, 0.717) is 49.8 Å². The second-order valence-electron chi connectivity index (χ2n) is 17.4. The summed E-state index contributed by atoms with van der Waals surface area (Å²) in [6, 6.07) is 21.1. The smallest absolute Gasteiger partial charge is 0.318 e. The van der Waals surface area contributed by atoms with Crippen LogP contribution < -0.4 is 15.4 Å². The molecule has 2 heterocycles. The van der Waals surface area contributed by atoms with Gasteiger partial charge in [-0.2, -0.15) is 0 Å². The average molecular weight is 799 g/mol. The Balaban J connectivity index is 1.30. The molecule has 1 aromatic heterocycles. The van der Waals surface area contributed by atoms with Crippen LogP contribution in [0.5, 0.6) is 5.75 Å². The van der Waals surface area contributed by atoms with Crippen LogP contribution in [-0.4, -0.2) is 68.3 Å². The molecule has 56 heavy (non-hydrogen) atoms. The number of hydrogen-bond donors (Lipinski definition) is 3. The van der Waals surface area contributed by atoms with E-state index in [1.165, 1.54) is 0 Å². The fraction of sp³-hybridized carbons (Fsp3) is 0.465. The number of carbonyl (C=O) groups excluding carboxylic acids is 1. The Bertz CT molecular complexity index is 2010. The van der Waals surface area contributed by atoms with Crippen molar-refractivity contribution in [3.63, 3.8) is 0 Å². The first kappa shape index (κ1) is 41.3. The van der Waals surface area contributed by atoms with Crippen molar-refractivity contribution in [3.05, 3.63) is 100 Å². The molecule has 2 aliphatic rings. The number of carbonyl (C=O) groups is 1. The minimum atomic E-state index is -1.33. The highest BCUT2D eigenvalue weighted by molar-refractivity contribution is 6.76. The average Bonchev–Trinajstić information content (AvgIpc) is 3.77. The van der Waals surface area contributed by atoms with Crippen molar-refractivity contribution < 1.29 is 23.4 Å². The fourth-order valence-corrected chi connectivity index (χ4v) is 8.05. The number of fused-ring (bicyclic) bond motifs is 1. The first-order valence-electron chi connectivity index (χ1n) is 19.9. The molecule has 10 nitrogen and oxygen atoms in total. The summed E-state index contributed by atoms with van der Waals surface area (Å²) in [5.41, 5.74) is 6.72. The number of ether oxygens (including phenoxy) is 3. The van der Waals surface area contributed by atoms with Gasteiger partial charge in [-0.1, -0.05) is 82.6 Å². The number of hydrogen-bond acceptors (Lipinski definition) is 7. The van der Waals surface area contributed by atoms with Gasteiger partial charge in [0.05, 0.1) is 24.5 Å².